The van der Waals surface area contributed by atoms with Crippen LogP contribution in [0.4, 0.5) is 0 Å². The summed E-state index contributed by atoms with van der Waals surface area (Å²) in [5.41, 5.74) is -0.391. The van der Waals surface area contributed by atoms with Gasteiger partial charge in [0.05, 0.1) is 5.60 Å². The minimum atomic E-state index is -2.74. The lowest BCUT2D eigenvalue weighted by molar-refractivity contribution is -0.0624. The Morgan fingerprint density at radius 3 is 1.79 bits per heavy atom. The molecule has 0 spiro atoms. The smallest absolute Gasteiger partial charge is 0.374 e. The number of hydrogen-bond donors (Lipinski definition) is 0. The number of allylic oxidation sites excluding steroid dienone is 1. The quantitative estimate of drug-likeness (QED) is 0.254. The van der Waals surface area contributed by atoms with Gasteiger partial charge in [0.15, 0.2) is 0 Å². The summed E-state index contributed by atoms with van der Waals surface area (Å²) in [6, 6.07) is 0.829. The van der Waals surface area contributed by atoms with E-state index in [1.165, 1.54) is 0 Å². The van der Waals surface area contributed by atoms with Crippen molar-refractivity contribution in [2.75, 3.05) is 13.2 Å². The molecule has 0 aliphatic rings. The van der Waals surface area contributed by atoms with E-state index >= 15 is 0 Å². The molecule has 0 heterocycles. The molecule has 0 amide bonds. The standard InChI is InChI=1S/C20H38O3Si/c1-8-15-19(12-5)20(16-9-2,17-10-3)23-24(18-11-4,21-13-6)22-14-7/h8-10,19H,1-3,11-18H2,4-7H3. The first-order chi connectivity index (χ1) is 11.5. The maximum Gasteiger partial charge on any atom is 0.501 e. The van der Waals surface area contributed by atoms with Gasteiger partial charge in [-0.25, -0.2) is 0 Å². The molecule has 24 heavy (non-hydrogen) atoms. The van der Waals surface area contributed by atoms with Crippen LogP contribution in [0.5, 0.6) is 0 Å². The Hall–Kier alpha value is -0.683. The van der Waals surface area contributed by atoms with Gasteiger partial charge in [-0.3, -0.25) is 0 Å². The van der Waals surface area contributed by atoms with E-state index in [-0.39, 0.29) is 0 Å². The molecule has 0 radical (unpaired) electrons. The summed E-state index contributed by atoms with van der Waals surface area (Å²) in [5, 5.41) is 0. The van der Waals surface area contributed by atoms with Gasteiger partial charge in [-0.1, -0.05) is 44.9 Å². The zero-order chi connectivity index (χ0) is 18.5. The second-order valence-corrected chi connectivity index (χ2v) is 8.73. The first kappa shape index (κ1) is 23.3. The van der Waals surface area contributed by atoms with Gasteiger partial charge in [0.25, 0.3) is 0 Å². The summed E-state index contributed by atoms with van der Waals surface area (Å²) in [6.45, 7) is 21.4. The van der Waals surface area contributed by atoms with Gasteiger partial charge in [0.2, 0.25) is 0 Å². The highest BCUT2D eigenvalue weighted by Gasteiger charge is 2.49. The minimum Gasteiger partial charge on any atom is -0.374 e. The van der Waals surface area contributed by atoms with E-state index in [0.29, 0.717) is 19.1 Å². The van der Waals surface area contributed by atoms with Gasteiger partial charge < -0.3 is 13.3 Å². The normalized spacial score (nSPS) is 13.5. The molecule has 3 nitrogen and oxygen atoms in total. The van der Waals surface area contributed by atoms with Crippen LogP contribution in [0.25, 0.3) is 0 Å². The Morgan fingerprint density at radius 2 is 1.46 bits per heavy atom. The van der Waals surface area contributed by atoms with E-state index in [9.17, 15) is 0 Å². The van der Waals surface area contributed by atoms with Gasteiger partial charge in [-0.05, 0) is 39.0 Å². The fourth-order valence-electron chi connectivity index (χ4n) is 3.38. The molecule has 0 aromatic rings. The Bertz CT molecular complexity index is 341. The second-order valence-electron chi connectivity index (χ2n) is 6.08. The molecular formula is C20H38O3Si. The Kier molecular flexibility index (Phi) is 12.3. The SMILES string of the molecule is C=CCC(CC)C(CC=C)(CC=C)O[Si](CCC)(OCC)OCC. The predicted molar refractivity (Wildman–Crippen MR) is 106 cm³/mol. The molecule has 0 aromatic heterocycles. The zero-order valence-corrected chi connectivity index (χ0v) is 17.3. The van der Waals surface area contributed by atoms with Crippen LogP contribution in [0.3, 0.4) is 0 Å². The summed E-state index contributed by atoms with van der Waals surface area (Å²) >= 11 is 0. The van der Waals surface area contributed by atoms with Crippen LogP contribution in [-0.4, -0.2) is 27.6 Å². The lowest BCUT2D eigenvalue weighted by atomic mass is 9.78. The summed E-state index contributed by atoms with van der Waals surface area (Å²) in [6.07, 6.45) is 10.2. The van der Waals surface area contributed by atoms with Crippen molar-refractivity contribution in [1.82, 2.24) is 0 Å². The van der Waals surface area contributed by atoms with E-state index in [2.05, 4.69) is 33.6 Å². The monoisotopic (exact) mass is 354 g/mol. The predicted octanol–water partition coefficient (Wildman–Crippen LogP) is 5.92. The van der Waals surface area contributed by atoms with Crippen molar-refractivity contribution in [3.63, 3.8) is 0 Å². The fourth-order valence-corrected chi connectivity index (χ4v) is 6.41. The first-order valence-electron chi connectivity index (χ1n) is 9.34. The zero-order valence-electron chi connectivity index (χ0n) is 16.3. The van der Waals surface area contributed by atoms with E-state index in [1.807, 2.05) is 32.1 Å². The van der Waals surface area contributed by atoms with Crippen LogP contribution in [0.15, 0.2) is 38.0 Å². The largest absolute Gasteiger partial charge is 0.501 e. The molecule has 140 valence electrons. The maximum absolute atomic E-state index is 6.84. The molecule has 0 fully saturated rings. The third-order valence-corrected chi connectivity index (χ3v) is 7.60. The van der Waals surface area contributed by atoms with Crippen molar-refractivity contribution in [1.29, 1.82) is 0 Å². The van der Waals surface area contributed by atoms with Crippen LogP contribution in [0, 0.1) is 5.92 Å². The summed E-state index contributed by atoms with van der Waals surface area (Å²) in [7, 11) is -2.74. The molecule has 0 aromatic carbocycles. The number of rotatable bonds is 16. The van der Waals surface area contributed by atoms with Gasteiger partial charge >= 0.3 is 8.80 Å². The van der Waals surface area contributed by atoms with E-state index in [4.69, 9.17) is 13.3 Å². The minimum absolute atomic E-state index is 0.329. The van der Waals surface area contributed by atoms with Crippen molar-refractivity contribution in [2.45, 2.75) is 71.4 Å². The molecule has 0 rings (SSSR count). The highest BCUT2D eigenvalue weighted by Crippen LogP contribution is 2.39. The molecule has 4 heteroatoms. The summed E-state index contributed by atoms with van der Waals surface area (Å²) in [4.78, 5) is 0. The molecule has 0 N–H and O–H groups in total. The van der Waals surface area contributed by atoms with E-state index in [1.54, 1.807) is 0 Å². The molecule has 0 saturated carbocycles. The Balaban J connectivity index is 5.90. The average Bonchev–Trinajstić information content (AvgIpc) is 2.53. The van der Waals surface area contributed by atoms with Crippen LogP contribution in [0.1, 0.15) is 59.8 Å². The van der Waals surface area contributed by atoms with Crippen LogP contribution < -0.4 is 0 Å². The topological polar surface area (TPSA) is 27.7 Å². The first-order valence-corrected chi connectivity index (χ1v) is 11.3. The second kappa shape index (κ2) is 12.6. The molecule has 1 atom stereocenters. The number of hydrogen-bond acceptors (Lipinski definition) is 3. The molecule has 0 aliphatic carbocycles. The van der Waals surface area contributed by atoms with Crippen LogP contribution in [-0.2, 0) is 13.3 Å². The lowest BCUT2D eigenvalue weighted by Gasteiger charge is -2.45. The van der Waals surface area contributed by atoms with Crippen molar-refractivity contribution in [3.05, 3.63) is 38.0 Å². The highest BCUT2D eigenvalue weighted by molar-refractivity contribution is 6.60. The van der Waals surface area contributed by atoms with Gasteiger partial charge in [-0.2, -0.15) is 0 Å². The van der Waals surface area contributed by atoms with E-state index < -0.39 is 14.4 Å². The highest BCUT2D eigenvalue weighted by atomic mass is 28.4. The van der Waals surface area contributed by atoms with Gasteiger partial charge in [0.1, 0.15) is 0 Å². The summed E-state index contributed by atoms with van der Waals surface area (Å²) in [5.74, 6) is 0.329. The molecule has 0 saturated heterocycles. The lowest BCUT2D eigenvalue weighted by Crippen LogP contribution is -2.55. The van der Waals surface area contributed by atoms with Gasteiger partial charge in [-0.15, -0.1) is 19.7 Å². The molecule has 0 bridgehead atoms. The Morgan fingerprint density at radius 1 is 0.917 bits per heavy atom. The molecule has 0 aliphatic heterocycles. The third-order valence-electron chi connectivity index (χ3n) is 4.31. The van der Waals surface area contributed by atoms with Crippen molar-refractivity contribution in [2.24, 2.45) is 5.92 Å². The van der Waals surface area contributed by atoms with Crippen molar-refractivity contribution < 1.29 is 13.3 Å². The average molecular weight is 355 g/mol. The van der Waals surface area contributed by atoms with E-state index in [0.717, 1.165) is 38.1 Å². The van der Waals surface area contributed by atoms with Crippen molar-refractivity contribution >= 4 is 8.80 Å². The van der Waals surface area contributed by atoms with Crippen LogP contribution >= 0.6 is 0 Å². The van der Waals surface area contributed by atoms with Crippen LogP contribution in [0.2, 0.25) is 6.04 Å². The maximum atomic E-state index is 6.84. The molecule has 1 unspecified atom stereocenters. The molecular weight excluding hydrogens is 316 g/mol. The van der Waals surface area contributed by atoms with Gasteiger partial charge in [0, 0.05) is 19.3 Å². The Labute approximate surface area is 151 Å². The third kappa shape index (κ3) is 6.67. The fraction of sp³-hybridized carbons (Fsp3) is 0.700. The summed E-state index contributed by atoms with van der Waals surface area (Å²) < 4.78 is 19.1. The van der Waals surface area contributed by atoms with Crippen molar-refractivity contribution in [3.8, 4) is 0 Å².